The third kappa shape index (κ3) is 5.53. The van der Waals surface area contributed by atoms with E-state index in [1.54, 1.807) is 48.5 Å². The number of rotatable bonds is 7. The fourth-order valence-electron chi connectivity index (χ4n) is 5.12. The Morgan fingerprint density at radius 3 is 2.45 bits per heavy atom. The van der Waals surface area contributed by atoms with Crippen LogP contribution < -0.4 is 15.0 Å². The molecule has 1 fully saturated rings. The maximum absolute atomic E-state index is 16.1. The second kappa shape index (κ2) is 12.4. The van der Waals surface area contributed by atoms with Crippen LogP contribution in [0.1, 0.15) is 31.8 Å². The normalized spacial score (nSPS) is 15.1. The first kappa shape index (κ1) is 29.4. The second-order valence-electron chi connectivity index (χ2n) is 9.65. The Labute approximate surface area is 251 Å². The minimum atomic E-state index is -1.22. The van der Waals surface area contributed by atoms with Crippen LogP contribution in [-0.4, -0.2) is 68.2 Å². The van der Waals surface area contributed by atoms with Crippen molar-refractivity contribution in [1.82, 2.24) is 10.2 Å². The summed E-state index contributed by atoms with van der Waals surface area (Å²) in [5.41, 5.74) is 2.35. The van der Waals surface area contributed by atoms with Crippen LogP contribution in [0.25, 0.3) is 16.7 Å². The molecule has 12 heteroatoms. The monoisotopic (exact) mass is 612 g/mol. The van der Waals surface area contributed by atoms with Gasteiger partial charge < -0.3 is 35.1 Å². The number of carboxylic acid groups (broad SMARTS) is 1. The molecular weight excluding hydrogens is 586 g/mol. The number of ether oxygens (including phenoxy) is 2. The Morgan fingerprint density at radius 1 is 1.10 bits per heavy atom. The number of carbonyl (C=O) groups is 2. The highest BCUT2D eigenvalue weighted by Gasteiger charge is 2.30. The molecule has 5 rings (SSSR count). The van der Waals surface area contributed by atoms with Gasteiger partial charge in [-0.1, -0.05) is 47.5 Å². The molecule has 0 saturated carbocycles. The fourth-order valence-corrected chi connectivity index (χ4v) is 5.77. The minimum absolute atomic E-state index is 0.0111. The number of aromatic carboxylic acids is 1. The van der Waals surface area contributed by atoms with Crippen LogP contribution in [0.15, 0.2) is 48.7 Å². The summed E-state index contributed by atoms with van der Waals surface area (Å²) in [6.45, 7) is 1.46. The van der Waals surface area contributed by atoms with Crippen LogP contribution in [0, 0.1) is 11.2 Å². The van der Waals surface area contributed by atoms with Gasteiger partial charge in [-0.25, -0.2) is 9.18 Å². The predicted molar refractivity (Wildman–Crippen MR) is 159 cm³/mol. The Balaban J connectivity index is 1.47. The molecular formula is C30H27Cl2FN4O5. The van der Waals surface area contributed by atoms with Gasteiger partial charge in [0, 0.05) is 54.8 Å². The SMILES string of the molecule is CN/C=C(\C=N)c1cc(Cl)c(C(=O)N2COc3c(cccc3-c3ccc(C(=O)O)c(N4CCOCC4)c3F)C2)c(Cl)c1. The van der Waals surface area contributed by atoms with Crippen LogP contribution in [0.4, 0.5) is 10.1 Å². The molecule has 2 heterocycles. The molecule has 1 amide bonds. The number of nitrogens with zero attached hydrogens (tertiary/aromatic N) is 2. The first-order valence-electron chi connectivity index (χ1n) is 13.0. The molecule has 3 aromatic rings. The summed E-state index contributed by atoms with van der Waals surface area (Å²) >= 11 is 13.0. The van der Waals surface area contributed by atoms with Crippen molar-refractivity contribution in [2.45, 2.75) is 6.54 Å². The van der Waals surface area contributed by atoms with Gasteiger partial charge in [-0.2, -0.15) is 0 Å². The van der Waals surface area contributed by atoms with Crippen LogP contribution in [0.3, 0.4) is 0 Å². The molecule has 0 atom stereocenters. The number of fused-ring (bicyclic) bond motifs is 1. The minimum Gasteiger partial charge on any atom is -0.478 e. The van der Waals surface area contributed by atoms with Gasteiger partial charge in [0.1, 0.15) is 5.75 Å². The Hall–Kier alpha value is -4.12. The standard InChI is InChI=1S/C30H27Cl2FN4O5/c1-35-14-19(13-34)18-11-23(31)25(24(32)12-18)29(38)37-15-17-3-2-4-21(28(17)42-16-37)20-5-6-22(30(39)40)27(26(20)33)36-7-9-41-10-8-36/h2-6,11-14,34-35H,7-10,15-16H2,1H3,(H,39,40)/b19-14+,34-13?. The number of hydrogen-bond donors (Lipinski definition) is 3. The van der Waals surface area contributed by atoms with Crippen molar-refractivity contribution >= 4 is 52.6 Å². The number of morpholine rings is 1. The summed E-state index contributed by atoms with van der Waals surface area (Å²) in [6, 6.07) is 11.2. The Kier molecular flexibility index (Phi) is 8.67. The number of carbonyl (C=O) groups excluding carboxylic acids is 1. The van der Waals surface area contributed by atoms with Gasteiger partial charge in [-0.05, 0) is 23.8 Å². The molecule has 0 bridgehead atoms. The smallest absolute Gasteiger partial charge is 0.337 e. The highest BCUT2D eigenvalue weighted by atomic mass is 35.5. The lowest BCUT2D eigenvalue weighted by atomic mass is 9.96. The maximum Gasteiger partial charge on any atom is 0.337 e. The zero-order valence-corrected chi connectivity index (χ0v) is 24.1. The number of amides is 1. The molecule has 0 radical (unpaired) electrons. The molecule has 42 heavy (non-hydrogen) atoms. The average Bonchev–Trinajstić information content (AvgIpc) is 2.99. The summed E-state index contributed by atoms with van der Waals surface area (Å²) in [6.07, 6.45) is 2.76. The summed E-state index contributed by atoms with van der Waals surface area (Å²) < 4.78 is 27.5. The molecule has 9 nitrogen and oxygen atoms in total. The van der Waals surface area contributed by atoms with Gasteiger partial charge in [-0.3, -0.25) is 4.79 Å². The zero-order valence-electron chi connectivity index (χ0n) is 22.5. The lowest BCUT2D eigenvalue weighted by Gasteiger charge is -2.32. The summed E-state index contributed by atoms with van der Waals surface area (Å²) in [7, 11) is 1.70. The largest absolute Gasteiger partial charge is 0.478 e. The lowest BCUT2D eigenvalue weighted by Crippen LogP contribution is -2.38. The molecule has 218 valence electrons. The van der Waals surface area contributed by atoms with E-state index in [0.29, 0.717) is 54.3 Å². The van der Waals surface area contributed by atoms with Gasteiger partial charge in [0.15, 0.2) is 12.5 Å². The van der Waals surface area contributed by atoms with Crippen molar-refractivity contribution in [3.8, 4) is 16.9 Å². The summed E-state index contributed by atoms with van der Waals surface area (Å²) in [5.74, 6) is -1.94. The van der Waals surface area contributed by atoms with Crippen LogP contribution in [0.5, 0.6) is 5.75 Å². The summed E-state index contributed by atoms with van der Waals surface area (Å²) in [4.78, 5) is 28.6. The van der Waals surface area contributed by atoms with Gasteiger partial charge in [0.2, 0.25) is 0 Å². The Morgan fingerprint density at radius 2 is 1.81 bits per heavy atom. The molecule has 0 unspecified atom stereocenters. The van der Waals surface area contributed by atoms with Crippen molar-refractivity contribution in [3.05, 3.63) is 86.8 Å². The lowest BCUT2D eigenvalue weighted by molar-refractivity contribution is 0.0516. The van der Waals surface area contributed by atoms with E-state index in [1.165, 1.54) is 17.0 Å². The van der Waals surface area contributed by atoms with Crippen molar-refractivity contribution in [2.75, 3.05) is 45.0 Å². The average molecular weight is 613 g/mol. The van der Waals surface area contributed by atoms with Crippen molar-refractivity contribution in [3.63, 3.8) is 0 Å². The first-order chi connectivity index (χ1) is 20.2. The van der Waals surface area contributed by atoms with Gasteiger partial charge in [-0.15, -0.1) is 0 Å². The number of halogens is 3. The topological polar surface area (TPSA) is 115 Å². The number of allylic oxidation sites excluding steroid dienone is 1. The van der Waals surface area contributed by atoms with Crippen LogP contribution in [-0.2, 0) is 11.3 Å². The van der Waals surface area contributed by atoms with Crippen molar-refractivity contribution < 1.29 is 28.6 Å². The first-order valence-corrected chi connectivity index (χ1v) is 13.8. The fraction of sp³-hybridized carbons (Fsp3) is 0.233. The van der Waals surface area contributed by atoms with E-state index in [9.17, 15) is 14.7 Å². The van der Waals surface area contributed by atoms with Crippen LogP contribution in [0.2, 0.25) is 10.0 Å². The maximum atomic E-state index is 16.1. The molecule has 1 saturated heterocycles. The highest BCUT2D eigenvalue weighted by Crippen LogP contribution is 2.41. The van der Waals surface area contributed by atoms with E-state index in [-0.39, 0.29) is 45.7 Å². The van der Waals surface area contributed by atoms with Crippen LogP contribution >= 0.6 is 23.2 Å². The number of nitrogens with one attached hydrogen (secondary N) is 2. The van der Waals surface area contributed by atoms with E-state index in [1.807, 2.05) is 0 Å². The molecule has 0 aliphatic carbocycles. The van der Waals surface area contributed by atoms with E-state index in [0.717, 1.165) is 6.21 Å². The van der Waals surface area contributed by atoms with E-state index in [4.69, 9.17) is 38.1 Å². The predicted octanol–water partition coefficient (Wildman–Crippen LogP) is 5.54. The van der Waals surface area contributed by atoms with Crippen molar-refractivity contribution in [2.24, 2.45) is 0 Å². The third-order valence-corrected chi connectivity index (χ3v) is 7.71. The van der Waals surface area contributed by atoms with E-state index < -0.39 is 17.7 Å². The van der Waals surface area contributed by atoms with Gasteiger partial charge in [0.25, 0.3) is 5.91 Å². The van der Waals surface area contributed by atoms with Gasteiger partial charge >= 0.3 is 5.97 Å². The highest BCUT2D eigenvalue weighted by molar-refractivity contribution is 6.40. The molecule has 2 aliphatic rings. The Bertz CT molecular complexity index is 1580. The molecule has 0 aromatic heterocycles. The van der Waals surface area contributed by atoms with E-state index in [2.05, 4.69) is 5.32 Å². The number of carboxylic acids is 1. The second-order valence-corrected chi connectivity index (χ2v) is 10.5. The molecule has 3 N–H and O–H groups in total. The van der Waals surface area contributed by atoms with Gasteiger partial charge in [0.05, 0.1) is 46.6 Å². The number of hydrogen-bond acceptors (Lipinski definition) is 7. The molecule has 3 aromatic carbocycles. The van der Waals surface area contributed by atoms with Crippen molar-refractivity contribution in [1.29, 1.82) is 5.41 Å². The van der Waals surface area contributed by atoms with E-state index >= 15 is 4.39 Å². The third-order valence-electron chi connectivity index (χ3n) is 7.12. The quantitative estimate of drug-likeness (QED) is 0.300. The number of para-hydroxylation sites is 1. The molecule has 0 spiro atoms. The number of benzene rings is 3. The summed E-state index contributed by atoms with van der Waals surface area (Å²) in [5, 5.41) is 20.5. The molecule has 2 aliphatic heterocycles. The number of anilines is 1. The zero-order chi connectivity index (χ0) is 30.0.